The largest absolute Gasteiger partial charge is 0.437 e. The summed E-state index contributed by atoms with van der Waals surface area (Å²) in [5.74, 6) is 0.273. The fourth-order valence-corrected chi connectivity index (χ4v) is 1.83. The van der Waals surface area contributed by atoms with Gasteiger partial charge in [-0.15, -0.1) is 0 Å². The molecule has 0 aliphatic carbocycles. The van der Waals surface area contributed by atoms with Gasteiger partial charge in [0.2, 0.25) is 5.88 Å². The molecule has 1 aromatic heterocycles. The summed E-state index contributed by atoms with van der Waals surface area (Å²) in [7, 11) is 0. The number of hydrogen-bond acceptors (Lipinski definition) is 3. The highest BCUT2D eigenvalue weighted by atomic mass is 35.5. The summed E-state index contributed by atoms with van der Waals surface area (Å²) >= 11 is 6.13. The van der Waals surface area contributed by atoms with Crippen molar-refractivity contribution in [1.82, 2.24) is 10.3 Å². The number of rotatable bonds is 5. The molecule has 0 aliphatic heterocycles. The van der Waals surface area contributed by atoms with E-state index in [1.807, 2.05) is 0 Å². The molecule has 0 saturated heterocycles. The minimum absolute atomic E-state index is 0.269. The number of aromatic nitrogens is 1. The Hall–Kier alpha value is -1.65. The lowest BCUT2D eigenvalue weighted by Gasteiger charge is -2.10. The van der Waals surface area contributed by atoms with E-state index in [1.54, 1.807) is 24.4 Å². The highest BCUT2D eigenvalue weighted by Gasteiger charge is 2.07. The standard InChI is InChI=1S/C15H16ClFN2O/c1-10(2)18-8-11-6-14(16)15(19-9-11)20-13-5-3-4-12(17)7-13/h3-7,9-10,18H,8H2,1-2H3. The predicted molar refractivity (Wildman–Crippen MR) is 77.7 cm³/mol. The van der Waals surface area contributed by atoms with Crippen molar-refractivity contribution in [2.45, 2.75) is 26.4 Å². The van der Waals surface area contributed by atoms with E-state index >= 15 is 0 Å². The molecule has 0 spiro atoms. The van der Waals surface area contributed by atoms with Crippen LogP contribution in [0.15, 0.2) is 36.5 Å². The second kappa shape index (κ2) is 6.68. The van der Waals surface area contributed by atoms with Gasteiger partial charge in [0.25, 0.3) is 0 Å². The third kappa shape index (κ3) is 4.18. The molecule has 0 amide bonds. The zero-order valence-electron chi connectivity index (χ0n) is 11.4. The maximum absolute atomic E-state index is 13.1. The second-order valence-electron chi connectivity index (χ2n) is 4.73. The topological polar surface area (TPSA) is 34.2 Å². The molecule has 1 heterocycles. The first-order valence-corrected chi connectivity index (χ1v) is 6.73. The van der Waals surface area contributed by atoms with E-state index in [2.05, 4.69) is 24.1 Å². The number of hydrogen-bond donors (Lipinski definition) is 1. The summed E-state index contributed by atoms with van der Waals surface area (Å²) in [5, 5.41) is 3.68. The van der Waals surface area contributed by atoms with E-state index in [-0.39, 0.29) is 11.7 Å². The van der Waals surface area contributed by atoms with Crippen molar-refractivity contribution in [2.75, 3.05) is 0 Å². The zero-order valence-corrected chi connectivity index (χ0v) is 12.1. The van der Waals surface area contributed by atoms with Crippen LogP contribution in [0.1, 0.15) is 19.4 Å². The summed E-state index contributed by atoms with van der Waals surface area (Å²) in [6, 6.07) is 8.03. The van der Waals surface area contributed by atoms with Crippen LogP contribution < -0.4 is 10.1 Å². The average Bonchev–Trinajstić information content (AvgIpc) is 2.39. The Kier molecular flexibility index (Phi) is 4.93. The third-order valence-electron chi connectivity index (χ3n) is 2.59. The van der Waals surface area contributed by atoms with Crippen molar-refractivity contribution in [3.8, 4) is 11.6 Å². The Balaban J connectivity index is 2.09. The lowest BCUT2D eigenvalue weighted by Crippen LogP contribution is -2.21. The molecule has 0 saturated carbocycles. The Morgan fingerprint density at radius 2 is 2.15 bits per heavy atom. The van der Waals surface area contributed by atoms with Gasteiger partial charge in [0.05, 0.1) is 0 Å². The monoisotopic (exact) mass is 294 g/mol. The SMILES string of the molecule is CC(C)NCc1cnc(Oc2cccc(F)c2)c(Cl)c1. The Bertz CT molecular complexity index is 590. The maximum Gasteiger partial charge on any atom is 0.238 e. The number of benzene rings is 1. The smallest absolute Gasteiger partial charge is 0.238 e. The number of pyridine rings is 1. The van der Waals surface area contributed by atoms with Crippen LogP contribution in [0.5, 0.6) is 11.6 Å². The van der Waals surface area contributed by atoms with E-state index in [0.717, 1.165) is 5.56 Å². The van der Waals surface area contributed by atoms with Crippen LogP contribution in [-0.2, 0) is 6.54 Å². The van der Waals surface area contributed by atoms with Gasteiger partial charge in [0.15, 0.2) is 0 Å². The van der Waals surface area contributed by atoms with Gasteiger partial charge in [-0.3, -0.25) is 0 Å². The van der Waals surface area contributed by atoms with Gasteiger partial charge in [-0.05, 0) is 23.8 Å². The van der Waals surface area contributed by atoms with Crippen molar-refractivity contribution in [3.05, 3.63) is 52.9 Å². The Labute approximate surface area is 122 Å². The van der Waals surface area contributed by atoms with E-state index in [9.17, 15) is 4.39 Å². The second-order valence-corrected chi connectivity index (χ2v) is 5.13. The molecule has 0 radical (unpaired) electrons. The predicted octanol–water partition coefficient (Wildman–Crippen LogP) is 4.16. The lowest BCUT2D eigenvalue weighted by molar-refractivity contribution is 0.457. The molecule has 2 rings (SSSR count). The third-order valence-corrected chi connectivity index (χ3v) is 2.86. The molecule has 2 aromatic rings. The van der Waals surface area contributed by atoms with Crippen molar-refractivity contribution in [2.24, 2.45) is 0 Å². The minimum atomic E-state index is -0.364. The molecule has 1 N–H and O–H groups in total. The molecule has 20 heavy (non-hydrogen) atoms. The molecule has 1 aromatic carbocycles. The first kappa shape index (κ1) is 14.8. The molecule has 0 bridgehead atoms. The van der Waals surface area contributed by atoms with Crippen LogP contribution in [0.2, 0.25) is 5.02 Å². The summed E-state index contributed by atoms with van der Waals surface area (Å²) < 4.78 is 18.5. The molecule has 0 atom stereocenters. The van der Waals surface area contributed by atoms with Gasteiger partial charge in [-0.2, -0.15) is 0 Å². The quantitative estimate of drug-likeness (QED) is 0.899. The van der Waals surface area contributed by atoms with Gasteiger partial charge in [-0.25, -0.2) is 9.37 Å². The highest BCUT2D eigenvalue weighted by molar-refractivity contribution is 6.31. The van der Waals surface area contributed by atoms with Crippen LogP contribution in [0.4, 0.5) is 4.39 Å². The minimum Gasteiger partial charge on any atom is -0.437 e. The van der Waals surface area contributed by atoms with Gasteiger partial charge < -0.3 is 10.1 Å². The van der Waals surface area contributed by atoms with Crippen LogP contribution in [0.25, 0.3) is 0 Å². The number of halogens is 2. The molecule has 5 heteroatoms. The molecule has 0 fully saturated rings. The van der Waals surface area contributed by atoms with Crippen molar-refractivity contribution in [1.29, 1.82) is 0 Å². The van der Waals surface area contributed by atoms with E-state index in [1.165, 1.54) is 12.1 Å². The molecule has 106 valence electrons. The van der Waals surface area contributed by atoms with E-state index in [0.29, 0.717) is 23.4 Å². The molecular formula is C15H16ClFN2O. The average molecular weight is 295 g/mol. The molecule has 0 unspecified atom stereocenters. The number of nitrogens with zero attached hydrogens (tertiary/aromatic N) is 1. The van der Waals surface area contributed by atoms with Gasteiger partial charge in [0.1, 0.15) is 16.6 Å². The summed E-state index contributed by atoms with van der Waals surface area (Å²) in [5.41, 5.74) is 0.968. The Morgan fingerprint density at radius 3 is 2.80 bits per heavy atom. The summed E-state index contributed by atoms with van der Waals surface area (Å²) in [4.78, 5) is 4.16. The highest BCUT2D eigenvalue weighted by Crippen LogP contribution is 2.27. The maximum atomic E-state index is 13.1. The zero-order chi connectivity index (χ0) is 14.5. The van der Waals surface area contributed by atoms with Gasteiger partial charge in [-0.1, -0.05) is 31.5 Å². The van der Waals surface area contributed by atoms with Crippen LogP contribution in [0, 0.1) is 5.82 Å². The van der Waals surface area contributed by atoms with Crippen LogP contribution in [-0.4, -0.2) is 11.0 Å². The first-order chi connectivity index (χ1) is 9.54. The molecule has 3 nitrogen and oxygen atoms in total. The number of nitrogens with one attached hydrogen (secondary N) is 1. The normalized spacial score (nSPS) is 10.8. The fourth-order valence-electron chi connectivity index (χ4n) is 1.60. The summed E-state index contributed by atoms with van der Waals surface area (Å²) in [6.45, 7) is 4.82. The first-order valence-electron chi connectivity index (χ1n) is 6.36. The molecule has 0 aliphatic rings. The fraction of sp³-hybridized carbons (Fsp3) is 0.267. The van der Waals surface area contributed by atoms with Crippen molar-refractivity contribution in [3.63, 3.8) is 0 Å². The van der Waals surface area contributed by atoms with E-state index in [4.69, 9.17) is 16.3 Å². The molecular weight excluding hydrogens is 279 g/mol. The van der Waals surface area contributed by atoms with Crippen LogP contribution >= 0.6 is 11.6 Å². The lowest BCUT2D eigenvalue weighted by atomic mass is 10.2. The van der Waals surface area contributed by atoms with Crippen molar-refractivity contribution >= 4 is 11.6 Å². The Morgan fingerprint density at radius 1 is 1.35 bits per heavy atom. The van der Waals surface area contributed by atoms with Crippen LogP contribution in [0.3, 0.4) is 0 Å². The number of ether oxygens (including phenoxy) is 1. The van der Waals surface area contributed by atoms with Gasteiger partial charge >= 0.3 is 0 Å². The van der Waals surface area contributed by atoms with Gasteiger partial charge in [0, 0.05) is 24.8 Å². The van der Waals surface area contributed by atoms with Crippen molar-refractivity contribution < 1.29 is 9.13 Å². The summed E-state index contributed by atoms with van der Waals surface area (Å²) in [6.07, 6.45) is 1.69. The van der Waals surface area contributed by atoms with E-state index < -0.39 is 0 Å².